The van der Waals surface area contributed by atoms with E-state index >= 15 is 0 Å². The number of hydrogen-bond donors (Lipinski definition) is 0. The molecule has 2 aromatic heterocycles. The second-order valence-electron chi connectivity index (χ2n) is 6.56. The molecule has 0 radical (unpaired) electrons. The Kier molecular flexibility index (Phi) is 5.50. The van der Waals surface area contributed by atoms with Gasteiger partial charge >= 0.3 is 0 Å². The maximum Gasteiger partial charge on any atom is 0.251 e. The van der Waals surface area contributed by atoms with Crippen molar-refractivity contribution in [2.24, 2.45) is 0 Å². The first-order chi connectivity index (χ1) is 13.8. The SMILES string of the molecule is COc1cn(CCN2CCOCC2)nc(-c2ccnn2-c2ccccc2)c1=O. The van der Waals surface area contributed by atoms with Crippen molar-refractivity contribution in [2.45, 2.75) is 6.54 Å². The first kappa shape index (κ1) is 18.4. The molecular formula is C20H23N5O3. The minimum Gasteiger partial charge on any atom is -0.491 e. The van der Waals surface area contributed by atoms with Gasteiger partial charge in [0.15, 0.2) is 11.4 Å². The Balaban J connectivity index is 1.67. The van der Waals surface area contributed by atoms with E-state index in [0.29, 0.717) is 17.9 Å². The predicted octanol–water partition coefficient (Wildman–Crippen LogP) is 1.44. The van der Waals surface area contributed by atoms with E-state index in [4.69, 9.17) is 9.47 Å². The number of hydrogen-bond acceptors (Lipinski definition) is 6. The lowest BCUT2D eigenvalue weighted by Gasteiger charge is -2.26. The van der Waals surface area contributed by atoms with Crippen LogP contribution in [0.4, 0.5) is 0 Å². The fraction of sp³-hybridized carbons (Fsp3) is 0.350. The van der Waals surface area contributed by atoms with Gasteiger partial charge in [0.25, 0.3) is 5.43 Å². The maximum atomic E-state index is 12.9. The zero-order valence-corrected chi connectivity index (χ0v) is 15.8. The van der Waals surface area contributed by atoms with E-state index in [1.54, 1.807) is 27.8 Å². The topological polar surface area (TPSA) is 74.4 Å². The summed E-state index contributed by atoms with van der Waals surface area (Å²) in [5.74, 6) is 0.271. The molecule has 1 aromatic carbocycles. The average Bonchev–Trinajstić information content (AvgIpc) is 3.24. The summed E-state index contributed by atoms with van der Waals surface area (Å²) in [6, 6.07) is 11.5. The first-order valence-corrected chi connectivity index (χ1v) is 9.32. The zero-order chi connectivity index (χ0) is 19.3. The van der Waals surface area contributed by atoms with E-state index in [1.165, 1.54) is 7.11 Å². The highest BCUT2D eigenvalue weighted by Crippen LogP contribution is 2.19. The van der Waals surface area contributed by atoms with E-state index in [-0.39, 0.29) is 11.2 Å². The molecule has 0 N–H and O–H groups in total. The minimum absolute atomic E-state index is 0.247. The van der Waals surface area contributed by atoms with Crippen molar-refractivity contribution >= 4 is 0 Å². The van der Waals surface area contributed by atoms with Crippen LogP contribution in [0, 0.1) is 0 Å². The van der Waals surface area contributed by atoms with Gasteiger partial charge in [-0.25, -0.2) is 4.68 Å². The van der Waals surface area contributed by atoms with Gasteiger partial charge in [0.05, 0.1) is 50.6 Å². The lowest BCUT2D eigenvalue weighted by molar-refractivity contribution is 0.0359. The molecule has 146 valence electrons. The van der Waals surface area contributed by atoms with E-state index < -0.39 is 0 Å². The molecule has 0 spiro atoms. The first-order valence-electron chi connectivity index (χ1n) is 9.32. The molecule has 28 heavy (non-hydrogen) atoms. The molecule has 3 heterocycles. The molecule has 0 atom stereocenters. The lowest BCUT2D eigenvalue weighted by Crippen LogP contribution is -2.38. The van der Waals surface area contributed by atoms with Gasteiger partial charge in [0.1, 0.15) is 0 Å². The van der Waals surface area contributed by atoms with Gasteiger partial charge in [-0.05, 0) is 18.2 Å². The van der Waals surface area contributed by atoms with Gasteiger partial charge in [-0.3, -0.25) is 14.4 Å². The Morgan fingerprint density at radius 3 is 2.64 bits per heavy atom. The number of nitrogens with zero attached hydrogens (tertiary/aromatic N) is 5. The molecule has 3 aromatic rings. The number of morpholine rings is 1. The summed E-state index contributed by atoms with van der Waals surface area (Å²) >= 11 is 0. The third kappa shape index (κ3) is 3.83. The molecule has 0 amide bonds. The van der Waals surface area contributed by atoms with Crippen LogP contribution < -0.4 is 10.2 Å². The van der Waals surface area contributed by atoms with Crippen LogP contribution in [0.15, 0.2) is 53.6 Å². The number of benzene rings is 1. The summed E-state index contributed by atoms with van der Waals surface area (Å²) < 4.78 is 14.2. The Morgan fingerprint density at radius 2 is 1.89 bits per heavy atom. The van der Waals surface area contributed by atoms with Crippen LogP contribution in [0.2, 0.25) is 0 Å². The molecule has 0 bridgehead atoms. The fourth-order valence-corrected chi connectivity index (χ4v) is 3.27. The van der Waals surface area contributed by atoms with E-state index in [9.17, 15) is 4.79 Å². The van der Waals surface area contributed by atoms with Crippen molar-refractivity contribution in [1.82, 2.24) is 24.5 Å². The van der Waals surface area contributed by atoms with Crippen LogP contribution in [0.1, 0.15) is 0 Å². The Hall–Kier alpha value is -2.97. The van der Waals surface area contributed by atoms with Crippen LogP contribution in [-0.4, -0.2) is 64.4 Å². The predicted molar refractivity (Wildman–Crippen MR) is 105 cm³/mol. The summed E-state index contributed by atoms with van der Waals surface area (Å²) in [5, 5.41) is 8.97. The van der Waals surface area contributed by atoms with Crippen molar-refractivity contribution in [1.29, 1.82) is 0 Å². The van der Waals surface area contributed by atoms with Crippen LogP contribution in [0.25, 0.3) is 17.1 Å². The van der Waals surface area contributed by atoms with Gasteiger partial charge < -0.3 is 9.47 Å². The van der Waals surface area contributed by atoms with Gasteiger partial charge in [-0.1, -0.05) is 18.2 Å². The van der Waals surface area contributed by atoms with Crippen molar-refractivity contribution in [3.05, 3.63) is 59.0 Å². The number of aromatic nitrogens is 4. The van der Waals surface area contributed by atoms with Crippen LogP contribution in [0.3, 0.4) is 0 Å². The van der Waals surface area contributed by atoms with Gasteiger partial charge in [0.2, 0.25) is 0 Å². The summed E-state index contributed by atoms with van der Waals surface area (Å²) in [6.07, 6.45) is 3.33. The third-order valence-corrected chi connectivity index (χ3v) is 4.79. The van der Waals surface area contributed by atoms with E-state index in [2.05, 4.69) is 15.1 Å². The number of para-hydroxylation sites is 1. The number of rotatable bonds is 6. The van der Waals surface area contributed by atoms with Gasteiger partial charge in [-0.2, -0.15) is 10.2 Å². The second-order valence-corrected chi connectivity index (χ2v) is 6.56. The van der Waals surface area contributed by atoms with Crippen LogP contribution in [0.5, 0.6) is 5.75 Å². The van der Waals surface area contributed by atoms with Crippen molar-refractivity contribution < 1.29 is 9.47 Å². The molecule has 8 heteroatoms. The van der Waals surface area contributed by atoms with E-state index in [1.807, 2.05) is 30.3 Å². The molecule has 0 unspecified atom stereocenters. The molecule has 0 aliphatic carbocycles. The van der Waals surface area contributed by atoms with E-state index in [0.717, 1.165) is 38.5 Å². The second kappa shape index (κ2) is 8.37. The minimum atomic E-state index is -0.247. The third-order valence-electron chi connectivity index (χ3n) is 4.79. The molecule has 1 fully saturated rings. The smallest absolute Gasteiger partial charge is 0.251 e. The van der Waals surface area contributed by atoms with Crippen LogP contribution >= 0.6 is 0 Å². The quantitative estimate of drug-likeness (QED) is 0.643. The summed E-state index contributed by atoms with van der Waals surface area (Å²) in [5.41, 5.74) is 1.58. The Labute approximate surface area is 162 Å². The van der Waals surface area contributed by atoms with Crippen molar-refractivity contribution in [3.8, 4) is 22.8 Å². The Bertz CT molecular complexity index is 977. The highest BCUT2D eigenvalue weighted by Gasteiger charge is 2.18. The molecule has 1 saturated heterocycles. The highest BCUT2D eigenvalue weighted by atomic mass is 16.5. The molecule has 0 saturated carbocycles. The molecular weight excluding hydrogens is 358 g/mol. The van der Waals surface area contributed by atoms with Crippen molar-refractivity contribution in [3.63, 3.8) is 0 Å². The van der Waals surface area contributed by atoms with Crippen molar-refractivity contribution in [2.75, 3.05) is 40.0 Å². The largest absolute Gasteiger partial charge is 0.491 e. The monoisotopic (exact) mass is 381 g/mol. The standard InChI is InChI=1S/C20H23N5O3/c1-27-18-15-24(10-9-23-11-13-28-14-12-23)22-19(20(18)26)17-7-8-21-25(17)16-5-3-2-4-6-16/h2-8,15H,9-14H2,1H3. The number of ether oxygens (including phenoxy) is 2. The zero-order valence-electron chi connectivity index (χ0n) is 15.8. The molecule has 1 aliphatic rings. The van der Waals surface area contributed by atoms with Gasteiger partial charge in [0, 0.05) is 19.6 Å². The molecule has 1 aliphatic heterocycles. The van der Waals surface area contributed by atoms with Gasteiger partial charge in [-0.15, -0.1) is 0 Å². The highest BCUT2D eigenvalue weighted by molar-refractivity contribution is 5.58. The number of methoxy groups -OCH3 is 1. The summed E-state index contributed by atoms with van der Waals surface area (Å²) in [7, 11) is 1.50. The van der Waals surface area contributed by atoms with Crippen LogP contribution in [-0.2, 0) is 11.3 Å². The molecule has 8 nitrogen and oxygen atoms in total. The molecule has 4 rings (SSSR count). The Morgan fingerprint density at radius 1 is 1.11 bits per heavy atom. The lowest BCUT2D eigenvalue weighted by atomic mass is 10.2. The summed E-state index contributed by atoms with van der Waals surface area (Å²) in [6.45, 7) is 4.81. The maximum absolute atomic E-state index is 12.9. The fourth-order valence-electron chi connectivity index (χ4n) is 3.27. The average molecular weight is 381 g/mol. The normalized spacial score (nSPS) is 14.9. The summed E-state index contributed by atoms with van der Waals surface area (Å²) in [4.78, 5) is 15.2.